The summed E-state index contributed by atoms with van der Waals surface area (Å²) in [4.78, 5) is 24.2. The average molecular weight is 355 g/mol. The predicted molar refractivity (Wildman–Crippen MR) is 103 cm³/mol. The number of hydrogen-bond acceptors (Lipinski definition) is 4. The van der Waals surface area contributed by atoms with Crippen LogP contribution in [0.2, 0.25) is 0 Å². The number of unbranched alkanes of at least 4 members (excludes halogenated alkanes) is 2. The van der Waals surface area contributed by atoms with Crippen molar-refractivity contribution < 1.29 is 9.53 Å². The van der Waals surface area contributed by atoms with Gasteiger partial charge in [0.05, 0.1) is 12.8 Å². The van der Waals surface area contributed by atoms with E-state index in [9.17, 15) is 9.59 Å². The number of carbonyl (C=O) groups is 1. The van der Waals surface area contributed by atoms with Crippen molar-refractivity contribution in [1.82, 2.24) is 9.99 Å². The molecule has 0 radical (unpaired) electrons. The first-order chi connectivity index (χ1) is 12.7. The van der Waals surface area contributed by atoms with Crippen LogP contribution in [0.1, 0.15) is 49.0 Å². The molecule has 0 saturated carbocycles. The molecule has 0 spiro atoms. The zero-order chi connectivity index (χ0) is 18.8. The number of aryl methyl sites for hydroxylation is 1. The van der Waals surface area contributed by atoms with Gasteiger partial charge in [-0.15, -0.1) is 0 Å². The summed E-state index contributed by atoms with van der Waals surface area (Å²) in [5, 5.41) is 3.92. The van der Waals surface area contributed by atoms with Crippen molar-refractivity contribution in [2.45, 2.75) is 39.7 Å². The number of hydrazone groups is 1. The maximum absolute atomic E-state index is 12.1. The van der Waals surface area contributed by atoms with E-state index in [0.717, 1.165) is 24.2 Å². The molecular weight excluding hydrogens is 330 g/mol. The average Bonchev–Trinajstić information content (AvgIpc) is 2.66. The van der Waals surface area contributed by atoms with Gasteiger partial charge in [0.15, 0.2) is 0 Å². The molecule has 1 heterocycles. The summed E-state index contributed by atoms with van der Waals surface area (Å²) < 4.78 is 7.12. The lowest BCUT2D eigenvalue weighted by atomic mass is 10.2. The normalized spacial score (nSPS) is 10.8. The summed E-state index contributed by atoms with van der Waals surface area (Å²) in [5.41, 5.74) is 2.96. The third kappa shape index (κ3) is 5.58. The number of carbonyl (C=O) groups excluding carboxylic acids is 1. The fourth-order valence-electron chi connectivity index (χ4n) is 2.38. The summed E-state index contributed by atoms with van der Waals surface area (Å²) >= 11 is 0. The van der Waals surface area contributed by atoms with Crippen LogP contribution in [-0.2, 0) is 6.54 Å². The lowest BCUT2D eigenvalue weighted by Crippen LogP contribution is -2.30. The lowest BCUT2D eigenvalue weighted by molar-refractivity contribution is 0.0953. The van der Waals surface area contributed by atoms with Crippen LogP contribution >= 0.6 is 0 Å². The molecule has 1 aromatic carbocycles. The minimum absolute atomic E-state index is 0.0716. The molecule has 0 saturated heterocycles. The lowest BCUT2D eigenvalue weighted by Gasteiger charge is -2.05. The van der Waals surface area contributed by atoms with Gasteiger partial charge in [-0.25, -0.2) is 5.43 Å². The minimum Gasteiger partial charge on any atom is -0.494 e. The van der Waals surface area contributed by atoms with Crippen molar-refractivity contribution in [3.63, 3.8) is 0 Å². The number of nitrogens with one attached hydrogen (secondary N) is 1. The highest BCUT2D eigenvalue weighted by Gasteiger charge is 2.10. The number of ether oxygens (including phenoxy) is 1. The predicted octanol–water partition coefficient (Wildman–Crippen LogP) is 3.20. The second kappa shape index (κ2) is 10.2. The van der Waals surface area contributed by atoms with Crippen LogP contribution in [-0.4, -0.2) is 23.3 Å². The Morgan fingerprint density at radius 2 is 1.96 bits per heavy atom. The highest BCUT2D eigenvalue weighted by molar-refractivity contribution is 5.94. The van der Waals surface area contributed by atoms with Gasteiger partial charge in [-0.1, -0.05) is 19.8 Å². The van der Waals surface area contributed by atoms with E-state index in [2.05, 4.69) is 17.5 Å². The molecule has 1 aromatic heterocycles. The second-order valence-electron chi connectivity index (χ2n) is 5.84. The zero-order valence-electron chi connectivity index (χ0n) is 15.3. The Balaban J connectivity index is 1.90. The summed E-state index contributed by atoms with van der Waals surface area (Å²) in [6.07, 6.45) is 6.55. The molecule has 1 amide bonds. The van der Waals surface area contributed by atoms with Gasteiger partial charge in [-0.2, -0.15) is 5.10 Å². The molecule has 0 fully saturated rings. The first-order valence-corrected chi connectivity index (χ1v) is 8.91. The number of pyridine rings is 1. The Bertz CT molecular complexity index is 795. The highest BCUT2D eigenvalue weighted by Crippen LogP contribution is 2.11. The Morgan fingerprint density at radius 3 is 2.65 bits per heavy atom. The third-order valence-corrected chi connectivity index (χ3v) is 3.88. The maximum atomic E-state index is 12.1. The van der Waals surface area contributed by atoms with Crippen LogP contribution in [0.25, 0.3) is 0 Å². The van der Waals surface area contributed by atoms with Crippen molar-refractivity contribution >= 4 is 12.1 Å². The third-order valence-electron chi connectivity index (χ3n) is 3.88. The number of hydrogen-bond donors (Lipinski definition) is 1. The van der Waals surface area contributed by atoms with E-state index in [1.165, 1.54) is 23.3 Å². The number of rotatable bonds is 9. The molecular formula is C20H25N3O3. The van der Waals surface area contributed by atoms with Crippen LogP contribution in [0.5, 0.6) is 5.75 Å². The van der Waals surface area contributed by atoms with Gasteiger partial charge in [0.1, 0.15) is 11.3 Å². The van der Waals surface area contributed by atoms with Crippen molar-refractivity contribution in [1.29, 1.82) is 0 Å². The van der Waals surface area contributed by atoms with Gasteiger partial charge in [0.2, 0.25) is 0 Å². The van der Waals surface area contributed by atoms with Gasteiger partial charge in [-0.3, -0.25) is 9.59 Å². The van der Waals surface area contributed by atoms with E-state index in [1.54, 1.807) is 12.3 Å². The van der Waals surface area contributed by atoms with Crippen LogP contribution in [0, 0.1) is 0 Å². The van der Waals surface area contributed by atoms with Crippen LogP contribution in [0.4, 0.5) is 0 Å². The molecule has 0 aliphatic carbocycles. The van der Waals surface area contributed by atoms with E-state index in [-0.39, 0.29) is 11.1 Å². The molecule has 0 atom stereocenters. The molecule has 0 unspecified atom stereocenters. The van der Waals surface area contributed by atoms with Gasteiger partial charge in [-0.05, 0) is 55.3 Å². The zero-order valence-corrected chi connectivity index (χ0v) is 15.3. The first-order valence-electron chi connectivity index (χ1n) is 8.91. The van der Waals surface area contributed by atoms with Gasteiger partial charge >= 0.3 is 0 Å². The Hall–Kier alpha value is -2.89. The highest BCUT2D eigenvalue weighted by atomic mass is 16.5. The summed E-state index contributed by atoms with van der Waals surface area (Å²) in [5.74, 6) is 0.289. The minimum atomic E-state index is -0.523. The summed E-state index contributed by atoms with van der Waals surface area (Å²) in [7, 11) is 0. The molecule has 2 rings (SSSR count). The van der Waals surface area contributed by atoms with E-state index < -0.39 is 5.91 Å². The van der Waals surface area contributed by atoms with E-state index >= 15 is 0 Å². The van der Waals surface area contributed by atoms with Crippen molar-refractivity contribution in [2.24, 2.45) is 5.10 Å². The molecule has 6 heteroatoms. The van der Waals surface area contributed by atoms with Crippen molar-refractivity contribution in [2.75, 3.05) is 6.61 Å². The number of nitrogens with zero attached hydrogens (tertiary/aromatic N) is 2. The fraction of sp³-hybridized carbons (Fsp3) is 0.350. The van der Waals surface area contributed by atoms with E-state index in [4.69, 9.17) is 4.74 Å². The summed E-state index contributed by atoms with van der Waals surface area (Å²) in [6, 6.07) is 10.6. The number of amides is 1. The number of benzene rings is 1. The first kappa shape index (κ1) is 19.4. The Labute approximate surface area is 153 Å². The van der Waals surface area contributed by atoms with Crippen LogP contribution < -0.4 is 15.7 Å². The van der Waals surface area contributed by atoms with Crippen molar-refractivity contribution in [3.05, 3.63) is 64.1 Å². The molecule has 0 aliphatic heterocycles. The molecule has 138 valence electrons. The van der Waals surface area contributed by atoms with Gasteiger partial charge in [0, 0.05) is 12.7 Å². The quantitative estimate of drug-likeness (QED) is 0.426. The topological polar surface area (TPSA) is 72.7 Å². The summed E-state index contributed by atoms with van der Waals surface area (Å²) in [6.45, 7) is 5.22. The van der Waals surface area contributed by atoms with Crippen molar-refractivity contribution in [3.8, 4) is 5.75 Å². The second-order valence-corrected chi connectivity index (χ2v) is 5.84. The van der Waals surface area contributed by atoms with E-state index in [0.29, 0.717) is 13.2 Å². The maximum Gasteiger partial charge on any atom is 0.276 e. The monoisotopic (exact) mass is 355 g/mol. The fourth-order valence-corrected chi connectivity index (χ4v) is 2.38. The Kier molecular flexibility index (Phi) is 7.61. The standard InChI is InChI=1S/C20H25N3O3/c1-3-5-6-14-26-17-11-9-16(10-12-17)15-21-22-19(24)18-8-7-13-23(4-2)20(18)25/h7-13,15H,3-6,14H2,1-2H3,(H,22,24)/b21-15-. The molecule has 2 aromatic rings. The molecule has 1 N–H and O–H groups in total. The molecule has 0 bridgehead atoms. The van der Waals surface area contributed by atoms with E-state index in [1.807, 2.05) is 31.2 Å². The largest absolute Gasteiger partial charge is 0.494 e. The number of aromatic nitrogens is 1. The van der Waals surface area contributed by atoms with Crippen LogP contribution in [0.15, 0.2) is 52.5 Å². The Morgan fingerprint density at radius 1 is 1.19 bits per heavy atom. The smallest absolute Gasteiger partial charge is 0.276 e. The molecule has 6 nitrogen and oxygen atoms in total. The van der Waals surface area contributed by atoms with Gasteiger partial charge < -0.3 is 9.30 Å². The molecule has 26 heavy (non-hydrogen) atoms. The SMILES string of the molecule is CCCCCOc1ccc(/C=N\NC(=O)c2cccn(CC)c2=O)cc1. The van der Waals surface area contributed by atoms with Gasteiger partial charge in [0.25, 0.3) is 11.5 Å². The molecule has 0 aliphatic rings. The van der Waals surface area contributed by atoms with Crippen LogP contribution in [0.3, 0.4) is 0 Å².